The zero-order chi connectivity index (χ0) is 24.9. The van der Waals surface area contributed by atoms with Crippen molar-refractivity contribution in [3.63, 3.8) is 0 Å². The van der Waals surface area contributed by atoms with E-state index in [4.69, 9.17) is 12.2 Å². The minimum Gasteiger partial charge on any atom is -0.366 e. The van der Waals surface area contributed by atoms with E-state index in [0.717, 1.165) is 35.2 Å². The molecule has 2 aromatic rings. The summed E-state index contributed by atoms with van der Waals surface area (Å²) in [7, 11) is 0. The van der Waals surface area contributed by atoms with Crippen LogP contribution in [0.2, 0.25) is 0 Å². The summed E-state index contributed by atoms with van der Waals surface area (Å²) < 4.78 is 0. The predicted octanol–water partition coefficient (Wildman–Crippen LogP) is 5.56. The number of nitrogens with one attached hydrogen (secondary N) is 1. The summed E-state index contributed by atoms with van der Waals surface area (Å²) in [5.41, 5.74) is 7.27. The van der Waals surface area contributed by atoms with Gasteiger partial charge in [0.05, 0.1) is 5.69 Å². The molecule has 5 nitrogen and oxygen atoms in total. The van der Waals surface area contributed by atoms with Crippen LogP contribution in [0, 0.1) is 20.8 Å². The van der Waals surface area contributed by atoms with E-state index in [1.807, 2.05) is 39.0 Å². The Bertz CT molecular complexity index is 1240. The van der Waals surface area contributed by atoms with Crippen LogP contribution in [0.5, 0.6) is 0 Å². The van der Waals surface area contributed by atoms with Crippen LogP contribution in [-0.2, 0) is 9.59 Å². The summed E-state index contributed by atoms with van der Waals surface area (Å²) >= 11 is 5.39. The fourth-order valence-electron chi connectivity index (χ4n) is 5.41. The molecule has 0 saturated carbocycles. The molecule has 1 unspecified atom stereocenters. The highest BCUT2D eigenvalue weighted by molar-refractivity contribution is 7.80. The van der Waals surface area contributed by atoms with E-state index in [9.17, 15) is 9.59 Å². The van der Waals surface area contributed by atoms with Gasteiger partial charge in [0.25, 0.3) is 11.8 Å². The van der Waals surface area contributed by atoms with E-state index >= 15 is 0 Å². The van der Waals surface area contributed by atoms with Crippen molar-refractivity contribution in [1.29, 1.82) is 0 Å². The van der Waals surface area contributed by atoms with Crippen molar-refractivity contribution < 1.29 is 9.59 Å². The average Bonchev–Trinajstić information content (AvgIpc) is 2.74. The molecule has 1 atom stereocenters. The zero-order valence-electron chi connectivity index (χ0n) is 21.1. The quantitative estimate of drug-likeness (QED) is 0.359. The standard InChI is InChI=1S/C28H33N3O2S/c1-8-30-24-12-17(3)20(13-21(24)18(4)15-28(30,6)7)14-22-25(32)29-27(34)31(26(22)33)23-11-9-10-16(2)19(23)5/h9-14,18H,8,15H2,1-7H3,(H,29,32,34)/b22-14+. The lowest BCUT2D eigenvalue weighted by atomic mass is 9.79. The fraction of sp³-hybridized carbons (Fsp3) is 0.393. The summed E-state index contributed by atoms with van der Waals surface area (Å²) in [6.07, 6.45) is 2.76. The predicted molar refractivity (Wildman–Crippen MR) is 143 cm³/mol. The number of hydrogen-bond donors (Lipinski definition) is 1. The fourth-order valence-corrected chi connectivity index (χ4v) is 5.69. The molecule has 2 amide bonds. The van der Waals surface area contributed by atoms with Crippen molar-refractivity contribution in [1.82, 2.24) is 5.32 Å². The Labute approximate surface area is 207 Å². The number of anilines is 2. The van der Waals surface area contributed by atoms with Gasteiger partial charge in [-0.25, -0.2) is 0 Å². The molecule has 178 valence electrons. The molecular weight excluding hydrogens is 442 g/mol. The Morgan fingerprint density at radius 2 is 1.82 bits per heavy atom. The van der Waals surface area contributed by atoms with Gasteiger partial charge in [-0.2, -0.15) is 0 Å². The number of hydrogen-bond acceptors (Lipinski definition) is 4. The summed E-state index contributed by atoms with van der Waals surface area (Å²) in [6.45, 7) is 15.9. The summed E-state index contributed by atoms with van der Waals surface area (Å²) in [5.74, 6) is -0.484. The van der Waals surface area contributed by atoms with Crippen molar-refractivity contribution in [2.24, 2.45) is 0 Å². The van der Waals surface area contributed by atoms with E-state index in [1.54, 1.807) is 6.08 Å². The van der Waals surface area contributed by atoms with Gasteiger partial charge in [-0.15, -0.1) is 0 Å². The lowest BCUT2D eigenvalue weighted by molar-refractivity contribution is -0.122. The molecule has 2 heterocycles. The third-order valence-electron chi connectivity index (χ3n) is 7.31. The molecule has 0 spiro atoms. The second kappa shape index (κ2) is 8.66. The topological polar surface area (TPSA) is 52.7 Å². The monoisotopic (exact) mass is 475 g/mol. The van der Waals surface area contributed by atoms with Crippen molar-refractivity contribution >= 4 is 46.6 Å². The number of fused-ring (bicyclic) bond motifs is 1. The van der Waals surface area contributed by atoms with Crippen LogP contribution in [0.3, 0.4) is 0 Å². The SMILES string of the molecule is CCN1c2cc(C)c(/C=C3\C(=O)NC(=S)N(c4cccc(C)c4C)C3=O)cc2C(C)CC1(C)C. The minimum atomic E-state index is -0.460. The molecule has 0 aliphatic carbocycles. The van der Waals surface area contributed by atoms with Crippen LogP contribution in [0.4, 0.5) is 11.4 Å². The molecule has 0 radical (unpaired) electrons. The number of benzene rings is 2. The summed E-state index contributed by atoms with van der Waals surface area (Å²) in [6, 6.07) is 10.1. The van der Waals surface area contributed by atoms with Gasteiger partial charge in [-0.3, -0.25) is 19.8 Å². The lowest BCUT2D eigenvalue weighted by Crippen LogP contribution is -2.54. The Morgan fingerprint density at radius 3 is 2.50 bits per heavy atom. The number of carbonyl (C=O) groups excluding carboxylic acids is 2. The third kappa shape index (κ3) is 3.94. The third-order valence-corrected chi connectivity index (χ3v) is 7.59. The first kappa shape index (κ1) is 24.1. The first-order valence-corrected chi connectivity index (χ1v) is 12.3. The molecule has 2 aromatic carbocycles. The second-order valence-corrected chi connectivity index (χ2v) is 10.5. The summed E-state index contributed by atoms with van der Waals surface area (Å²) in [4.78, 5) is 30.3. The van der Waals surface area contributed by atoms with E-state index in [-0.39, 0.29) is 16.2 Å². The van der Waals surface area contributed by atoms with E-state index in [2.05, 4.69) is 50.0 Å². The highest BCUT2D eigenvalue weighted by Gasteiger charge is 2.37. The van der Waals surface area contributed by atoms with Crippen molar-refractivity contribution in [3.05, 3.63) is 63.7 Å². The number of thiocarbonyl (C=S) groups is 1. The van der Waals surface area contributed by atoms with Crippen molar-refractivity contribution in [3.8, 4) is 0 Å². The molecule has 34 heavy (non-hydrogen) atoms. The maximum Gasteiger partial charge on any atom is 0.270 e. The van der Waals surface area contributed by atoms with Gasteiger partial charge in [0.15, 0.2) is 5.11 Å². The van der Waals surface area contributed by atoms with Gasteiger partial charge in [0.1, 0.15) is 5.57 Å². The van der Waals surface area contributed by atoms with Crippen molar-refractivity contribution in [2.45, 2.75) is 66.3 Å². The number of aryl methyl sites for hydroxylation is 2. The molecule has 0 aromatic heterocycles. The van der Waals surface area contributed by atoms with Crippen molar-refractivity contribution in [2.75, 3.05) is 16.3 Å². The first-order chi connectivity index (χ1) is 16.0. The first-order valence-electron chi connectivity index (χ1n) is 11.9. The average molecular weight is 476 g/mol. The molecule has 2 aliphatic rings. The van der Waals surface area contributed by atoms with Crippen LogP contribution >= 0.6 is 12.2 Å². The molecule has 4 rings (SSSR count). The highest BCUT2D eigenvalue weighted by Crippen LogP contribution is 2.44. The Morgan fingerprint density at radius 1 is 1.12 bits per heavy atom. The van der Waals surface area contributed by atoms with Crippen LogP contribution < -0.4 is 15.1 Å². The normalized spacial score (nSPS) is 21.1. The molecule has 1 saturated heterocycles. The largest absolute Gasteiger partial charge is 0.366 e. The molecule has 1 fully saturated rings. The minimum absolute atomic E-state index is 0.0781. The number of rotatable bonds is 3. The Balaban J connectivity index is 1.80. The Kier molecular flexibility index (Phi) is 6.15. The number of nitrogens with zero attached hydrogens (tertiary/aromatic N) is 2. The lowest BCUT2D eigenvalue weighted by Gasteiger charge is -2.47. The molecule has 0 bridgehead atoms. The van der Waals surface area contributed by atoms with Crippen LogP contribution in [0.1, 0.15) is 67.9 Å². The van der Waals surface area contributed by atoms with Gasteiger partial charge < -0.3 is 4.90 Å². The van der Waals surface area contributed by atoms with Crippen LogP contribution in [-0.4, -0.2) is 29.0 Å². The van der Waals surface area contributed by atoms with Gasteiger partial charge in [-0.05, 0) is 118 Å². The zero-order valence-corrected chi connectivity index (χ0v) is 21.9. The molecule has 6 heteroatoms. The molecule has 1 N–H and O–H groups in total. The van der Waals surface area contributed by atoms with Gasteiger partial charge >= 0.3 is 0 Å². The number of carbonyl (C=O) groups is 2. The summed E-state index contributed by atoms with van der Waals surface area (Å²) in [5, 5.41) is 2.82. The van der Waals surface area contributed by atoms with E-state index in [1.165, 1.54) is 16.2 Å². The second-order valence-electron chi connectivity index (χ2n) is 10.1. The van der Waals surface area contributed by atoms with Gasteiger partial charge in [0, 0.05) is 17.8 Å². The Hall–Kier alpha value is -2.99. The number of amides is 2. The van der Waals surface area contributed by atoms with Crippen LogP contribution in [0.25, 0.3) is 6.08 Å². The highest BCUT2D eigenvalue weighted by atomic mass is 32.1. The molecular formula is C28H33N3O2S. The van der Waals surface area contributed by atoms with E-state index < -0.39 is 11.8 Å². The maximum absolute atomic E-state index is 13.6. The van der Waals surface area contributed by atoms with E-state index in [0.29, 0.717) is 11.6 Å². The molecule has 2 aliphatic heterocycles. The smallest absolute Gasteiger partial charge is 0.270 e. The maximum atomic E-state index is 13.6. The van der Waals surface area contributed by atoms with Gasteiger partial charge in [-0.1, -0.05) is 19.1 Å². The van der Waals surface area contributed by atoms with Crippen LogP contribution in [0.15, 0.2) is 35.9 Å². The van der Waals surface area contributed by atoms with Gasteiger partial charge in [0.2, 0.25) is 0 Å².